The predicted molar refractivity (Wildman–Crippen MR) is 100 cm³/mol. The van der Waals surface area contributed by atoms with Crippen molar-refractivity contribution in [1.29, 1.82) is 0 Å². The molecule has 2 N–H and O–H groups in total. The lowest BCUT2D eigenvalue weighted by atomic mass is 10.1. The Morgan fingerprint density at radius 1 is 1.29 bits per heavy atom. The average Bonchev–Trinajstić information content (AvgIpc) is 2.49. The summed E-state index contributed by atoms with van der Waals surface area (Å²) in [5.74, 6) is -0.171. The molecule has 0 saturated heterocycles. The Morgan fingerprint density at radius 2 is 2.00 bits per heavy atom. The zero-order chi connectivity index (χ0) is 17.9. The third-order valence-electron chi connectivity index (χ3n) is 3.50. The molecule has 4 nitrogen and oxygen atoms in total. The summed E-state index contributed by atoms with van der Waals surface area (Å²) in [7, 11) is 0. The number of thioether (sulfide) groups is 1. The molecule has 0 fully saturated rings. The molecule has 1 aromatic carbocycles. The van der Waals surface area contributed by atoms with Crippen LogP contribution in [0.1, 0.15) is 23.7 Å². The van der Waals surface area contributed by atoms with E-state index in [1.165, 1.54) is 11.8 Å². The number of benzene rings is 1. The summed E-state index contributed by atoms with van der Waals surface area (Å²) in [6.45, 7) is 5.65. The molecule has 0 aliphatic heterocycles. The molecular formula is C17H18Cl2N2O2S. The fourth-order valence-corrected chi connectivity index (χ4v) is 3.67. The van der Waals surface area contributed by atoms with Gasteiger partial charge in [-0.05, 0) is 50.6 Å². The largest absolute Gasteiger partial charge is 0.351 e. The van der Waals surface area contributed by atoms with Crippen LogP contribution in [0.5, 0.6) is 0 Å². The van der Waals surface area contributed by atoms with Crippen LogP contribution in [0.15, 0.2) is 34.0 Å². The second-order valence-corrected chi connectivity index (χ2v) is 7.72. The third-order valence-corrected chi connectivity index (χ3v) is 5.34. The summed E-state index contributed by atoms with van der Waals surface area (Å²) >= 11 is 13.4. The zero-order valence-electron chi connectivity index (χ0n) is 13.6. The van der Waals surface area contributed by atoms with Crippen LogP contribution in [-0.2, 0) is 11.3 Å². The Kier molecular flexibility index (Phi) is 6.38. The summed E-state index contributed by atoms with van der Waals surface area (Å²) < 4.78 is 0. The molecule has 0 saturated carbocycles. The molecule has 24 heavy (non-hydrogen) atoms. The van der Waals surface area contributed by atoms with Gasteiger partial charge < -0.3 is 10.3 Å². The van der Waals surface area contributed by atoms with Gasteiger partial charge in [0.25, 0.3) is 5.56 Å². The lowest BCUT2D eigenvalue weighted by Crippen LogP contribution is -2.33. The van der Waals surface area contributed by atoms with E-state index in [-0.39, 0.29) is 23.3 Å². The van der Waals surface area contributed by atoms with Gasteiger partial charge in [0.05, 0.1) is 10.3 Å². The van der Waals surface area contributed by atoms with Crippen LogP contribution >= 0.6 is 35.0 Å². The van der Waals surface area contributed by atoms with Crippen LogP contribution in [0.2, 0.25) is 10.0 Å². The highest BCUT2D eigenvalue weighted by Gasteiger charge is 2.17. The van der Waals surface area contributed by atoms with Crippen molar-refractivity contribution in [1.82, 2.24) is 10.3 Å². The molecule has 2 rings (SSSR count). The topological polar surface area (TPSA) is 62.0 Å². The number of amides is 1. The molecule has 1 aromatic heterocycles. The number of carbonyl (C=O) groups is 1. The lowest BCUT2D eigenvalue weighted by Gasteiger charge is -2.14. The molecule has 0 aliphatic rings. The molecule has 1 heterocycles. The number of carbonyl (C=O) groups excluding carboxylic acids is 1. The number of rotatable bonds is 5. The van der Waals surface area contributed by atoms with E-state index in [0.29, 0.717) is 15.6 Å². The highest BCUT2D eigenvalue weighted by atomic mass is 35.5. The molecule has 1 atom stereocenters. The maximum atomic E-state index is 12.3. The second-order valence-electron chi connectivity index (χ2n) is 5.50. The van der Waals surface area contributed by atoms with Crippen LogP contribution in [0, 0.1) is 13.8 Å². The van der Waals surface area contributed by atoms with Crippen LogP contribution in [0.25, 0.3) is 0 Å². The molecule has 0 radical (unpaired) electrons. The summed E-state index contributed by atoms with van der Waals surface area (Å²) in [6, 6.07) is 7.01. The molecule has 2 aromatic rings. The molecule has 7 heteroatoms. The summed E-state index contributed by atoms with van der Waals surface area (Å²) in [6.07, 6.45) is 0. The molecule has 0 bridgehead atoms. The van der Waals surface area contributed by atoms with Gasteiger partial charge in [-0.3, -0.25) is 9.59 Å². The van der Waals surface area contributed by atoms with Crippen LogP contribution in [0.4, 0.5) is 0 Å². The van der Waals surface area contributed by atoms with Gasteiger partial charge in [0.1, 0.15) is 0 Å². The fraction of sp³-hybridized carbons (Fsp3) is 0.294. The van der Waals surface area contributed by atoms with Crippen molar-refractivity contribution in [2.75, 3.05) is 0 Å². The van der Waals surface area contributed by atoms with Crippen molar-refractivity contribution in [2.45, 2.75) is 37.5 Å². The molecular weight excluding hydrogens is 367 g/mol. The number of nitrogens with one attached hydrogen (secondary N) is 2. The van der Waals surface area contributed by atoms with Gasteiger partial charge >= 0.3 is 0 Å². The molecule has 0 aliphatic carbocycles. The van der Waals surface area contributed by atoms with E-state index in [9.17, 15) is 9.59 Å². The molecule has 128 valence electrons. The number of hydrogen-bond donors (Lipinski definition) is 2. The van der Waals surface area contributed by atoms with Gasteiger partial charge in [-0.1, -0.05) is 23.2 Å². The second kappa shape index (κ2) is 8.10. The highest BCUT2D eigenvalue weighted by molar-refractivity contribution is 8.00. The monoisotopic (exact) mass is 384 g/mol. The Hall–Kier alpha value is -1.43. The first kappa shape index (κ1) is 18.9. The summed E-state index contributed by atoms with van der Waals surface area (Å²) in [5.41, 5.74) is 2.04. The maximum absolute atomic E-state index is 12.3. The van der Waals surface area contributed by atoms with E-state index in [0.717, 1.165) is 16.2 Å². The van der Waals surface area contributed by atoms with Gasteiger partial charge in [-0.15, -0.1) is 11.8 Å². The van der Waals surface area contributed by atoms with Crippen LogP contribution in [0.3, 0.4) is 0 Å². The Morgan fingerprint density at radius 3 is 2.67 bits per heavy atom. The van der Waals surface area contributed by atoms with E-state index in [4.69, 9.17) is 23.2 Å². The minimum Gasteiger partial charge on any atom is -0.351 e. The van der Waals surface area contributed by atoms with E-state index < -0.39 is 0 Å². The van der Waals surface area contributed by atoms with Gasteiger partial charge in [-0.25, -0.2) is 0 Å². The normalized spacial score (nSPS) is 12.0. The average molecular weight is 385 g/mol. The predicted octanol–water partition coefficient (Wildman–Crippen LogP) is 4.10. The van der Waals surface area contributed by atoms with E-state index in [1.807, 2.05) is 19.9 Å². The molecule has 0 spiro atoms. The SMILES string of the molecule is Cc1cc(C)c(CNC(=O)C(C)Sc2cc(Cl)ccc2Cl)c(=O)[nH]1. The van der Waals surface area contributed by atoms with Gasteiger partial charge in [-0.2, -0.15) is 0 Å². The number of aromatic amines is 1. The van der Waals surface area contributed by atoms with Crippen molar-refractivity contribution in [3.8, 4) is 0 Å². The minimum absolute atomic E-state index is 0.171. The number of pyridine rings is 1. The Balaban J connectivity index is 2.02. The van der Waals surface area contributed by atoms with Crippen LogP contribution in [-0.4, -0.2) is 16.1 Å². The van der Waals surface area contributed by atoms with Gasteiger partial charge in [0.15, 0.2) is 0 Å². The van der Waals surface area contributed by atoms with Crippen molar-refractivity contribution in [3.05, 3.63) is 61.5 Å². The number of aromatic nitrogens is 1. The first-order chi connectivity index (χ1) is 11.3. The standard InChI is InChI=1S/C17H18Cl2N2O2S/c1-9-6-10(2)21-17(23)13(9)8-20-16(22)11(3)24-15-7-12(18)4-5-14(15)19/h4-7,11H,8H2,1-3H3,(H,20,22)(H,21,23). The maximum Gasteiger partial charge on any atom is 0.253 e. The number of halogens is 2. The van der Waals surface area contributed by atoms with Crippen molar-refractivity contribution in [3.63, 3.8) is 0 Å². The van der Waals surface area contributed by atoms with Crippen molar-refractivity contribution < 1.29 is 4.79 Å². The van der Waals surface area contributed by atoms with Crippen molar-refractivity contribution in [2.24, 2.45) is 0 Å². The molecule has 1 amide bonds. The summed E-state index contributed by atoms with van der Waals surface area (Å²) in [4.78, 5) is 27.7. The first-order valence-corrected chi connectivity index (χ1v) is 9.00. The number of H-pyrrole nitrogens is 1. The molecule has 1 unspecified atom stereocenters. The number of aryl methyl sites for hydroxylation is 2. The zero-order valence-corrected chi connectivity index (χ0v) is 15.9. The quantitative estimate of drug-likeness (QED) is 0.762. The van der Waals surface area contributed by atoms with E-state index in [1.54, 1.807) is 25.1 Å². The van der Waals surface area contributed by atoms with E-state index in [2.05, 4.69) is 10.3 Å². The minimum atomic E-state index is -0.370. The van der Waals surface area contributed by atoms with E-state index >= 15 is 0 Å². The third kappa shape index (κ3) is 4.79. The fourth-order valence-electron chi connectivity index (χ4n) is 2.23. The van der Waals surface area contributed by atoms with Gasteiger partial charge in [0.2, 0.25) is 5.91 Å². The first-order valence-electron chi connectivity index (χ1n) is 7.36. The lowest BCUT2D eigenvalue weighted by molar-refractivity contribution is -0.120. The van der Waals surface area contributed by atoms with Crippen LogP contribution < -0.4 is 10.9 Å². The van der Waals surface area contributed by atoms with Gasteiger partial charge in [0, 0.05) is 27.7 Å². The Bertz CT molecular complexity index is 821. The Labute approximate surface area is 155 Å². The van der Waals surface area contributed by atoms with Crippen molar-refractivity contribution >= 4 is 40.9 Å². The highest BCUT2D eigenvalue weighted by Crippen LogP contribution is 2.32. The smallest absolute Gasteiger partial charge is 0.253 e. The number of hydrogen-bond acceptors (Lipinski definition) is 3. The summed E-state index contributed by atoms with van der Waals surface area (Å²) in [5, 5.41) is 3.55.